The Labute approximate surface area is 110 Å². The summed E-state index contributed by atoms with van der Waals surface area (Å²) in [6.45, 7) is 4.91. The molecule has 6 nitrogen and oxygen atoms in total. The predicted molar refractivity (Wildman–Crippen MR) is 64.9 cm³/mol. The molecule has 0 heterocycles. The molecule has 1 saturated carbocycles. The maximum atomic E-state index is 13.8. The second-order valence-electron chi connectivity index (χ2n) is 5.55. The van der Waals surface area contributed by atoms with Crippen LogP contribution in [0.3, 0.4) is 0 Å². The van der Waals surface area contributed by atoms with Gasteiger partial charge in [0.15, 0.2) is 0 Å². The monoisotopic (exact) mass is 276 g/mol. The molecule has 0 aliphatic heterocycles. The van der Waals surface area contributed by atoms with Crippen molar-refractivity contribution in [2.45, 2.75) is 63.6 Å². The summed E-state index contributed by atoms with van der Waals surface area (Å²) in [4.78, 5) is 14.1. The minimum absolute atomic E-state index is 0.253. The van der Waals surface area contributed by atoms with Gasteiger partial charge in [-0.15, -0.1) is 0 Å². The topological polar surface area (TPSA) is 87.1 Å². The zero-order chi connectivity index (χ0) is 14.7. The number of nitrogens with one attached hydrogen (secondary N) is 1. The third kappa shape index (κ3) is 4.55. The van der Waals surface area contributed by atoms with Gasteiger partial charge in [-0.3, -0.25) is 0 Å². The van der Waals surface area contributed by atoms with E-state index in [4.69, 9.17) is 10.3 Å². The number of hydrogen-bond donors (Lipinski definition) is 1. The molecule has 0 saturated heterocycles. The van der Waals surface area contributed by atoms with Gasteiger partial charge in [-0.25, -0.2) is 13.6 Å². The highest BCUT2D eigenvalue weighted by molar-refractivity contribution is 5.68. The van der Waals surface area contributed by atoms with Gasteiger partial charge in [0.1, 0.15) is 11.6 Å². The minimum Gasteiger partial charge on any atom is -0.444 e. The summed E-state index contributed by atoms with van der Waals surface area (Å²) in [5.41, 5.74) is 7.62. The molecule has 8 heteroatoms. The van der Waals surface area contributed by atoms with E-state index in [1.165, 1.54) is 0 Å². The van der Waals surface area contributed by atoms with Crippen molar-refractivity contribution in [3.05, 3.63) is 10.4 Å². The number of alkyl carbamates (subject to hydrolysis) is 1. The Hall–Kier alpha value is -1.56. The molecular formula is C11H18F2N4O2. The van der Waals surface area contributed by atoms with Crippen LogP contribution in [0.2, 0.25) is 0 Å². The zero-order valence-electron chi connectivity index (χ0n) is 11.2. The number of amides is 1. The van der Waals surface area contributed by atoms with Crippen LogP contribution < -0.4 is 5.32 Å². The lowest BCUT2D eigenvalue weighted by Crippen LogP contribution is -2.56. The number of nitrogens with zero attached hydrogens (tertiary/aromatic N) is 3. The van der Waals surface area contributed by atoms with Gasteiger partial charge in [-0.2, -0.15) is 0 Å². The number of ether oxygens (including phenoxy) is 1. The van der Waals surface area contributed by atoms with Crippen LogP contribution in [0.1, 0.15) is 40.0 Å². The van der Waals surface area contributed by atoms with E-state index in [1.807, 2.05) is 0 Å². The summed E-state index contributed by atoms with van der Waals surface area (Å²) in [5.74, 6) is -3.10. The third-order valence-corrected chi connectivity index (χ3v) is 2.72. The Morgan fingerprint density at radius 2 is 2.16 bits per heavy atom. The first kappa shape index (κ1) is 15.5. The molecular weight excluding hydrogens is 258 g/mol. The van der Waals surface area contributed by atoms with Crippen molar-refractivity contribution in [1.29, 1.82) is 0 Å². The maximum absolute atomic E-state index is 13.8. The molecule has 0 bridgehead atoms. The average molecular weight is 276 g/mol. The van der Waals surface area contributed by atoms with Gasteiger partial charge in [0.05, 0.1) is 6.04 Å². The number of carbonyl (C=O) groups excluding carboxylic acids is 1. The van der Waals surface area contributed by atoms with E-state index in [0.717, 1.165) is 0 Å². The fourth-order valence-corrected chi connectivity index (χ4v) is 1.98. The molecule has 1 rings (SSSR count). The lowest BCUT2D eigenvalue weighted by atomic mass is 9.87. The highest BCUT2D eigenvalue weighted by Crippen LogP contribution is 2.35. The SMILES string of the molecule is CC(C)(C)OC(=O)N[C@H]1[C@@H](N=[N+]=[N-])CCCC1(F)F. The molecule has 0 spiro atoms. The van der Waals surface area contributed by atoms with Crippen molar-refractivity contribution in [2.24, 2.45) is 5.11 Å². The first-order chi connectivity index (χ1) is 8.65. The molecule has 108 valence electrons. The Morgan fingerprint density at radius 3 is 2.68 bits per heavy atom. The molecule has 1 amide bonds. The third-order valence-electron chi connectivity index (χ3n) is 2.72. The molecule has 0 unspecified atom stereocenters. The molecule has 0 radical (unpaired) electrons. The van der Waals surface area contributed by atoms with Crippen LogP contribution in [0.25, 0.3) is 10.4 Å². The lowest BCUT2D eigenvalue weighted by molar-refractivity contribution is -0.0715. The maximum Gasteiger partial charge on any atom is 0.408 e. The molecule has 0 aromatic rings. The molecule has 0 aromatic heterocycles. The van der Waals surface area contributed by atoms with Crippen molar-refractivity contribution < 1.29 is 18.3 Å². The second kappa shape index (κ2) is 5.61. The van der Waals surface area contributed by atoms with Crippen molar-refractivity contribution >= 4 is 6.09 Å². The van der Waals surface area contributed by atoms with E-state index in [9.17, 15) is 13.6 Å². The largest absolute Gasteiger partial charge is 0.444 e. The average Bonchev–Trinajstić information content (AvgIpc) is 2.20. The van der Waals surface area contributed by atoms with Gasteiger partial charge >= 0.3 is 6.09 Å². The highest BCUT2D eigenvalue weighted by Gasteiger charge is 2.48. The highest BCUT2D eigenvalue weighted by atomic mass is 19.3. The van der Waals surface area contributed by atoms with Gasteiger partial charge in [0.2, 0.25) is 0 Å². The van der Waals surface area contributed by atoms with Crippen molar-refractivity contribution in [3.8, 4) is 0 Å². The first-order valence-electron chi connectivity index (χ1n) is 6.07. The predicted octanol–water partition coefficient (Wildman–Crippen LogP) is 3.38. The van der Waals surface area contributed by atoms with Gasteiger partial charge in [0, 0.05) is 11.3 Å². The zero-order valence-corrected chi connectivity index (χ0v) is 11.2. The van der Waals surface area contributed by atoms with Crippen molar-refractivity contribution in [1.82, 2.24) is 5.32 Å². The molecule has 0 aromatic carbocycles. The van der Waals surface area contributed by atoms with E-state index in [-0.39, 0.29) is 12.8 Å². The minimum atomic E-state index is -3.10. The Kier molecular flexibility index (Phi) is 4.57. The molecule has 19 heavy (non-hydrogen) atoms. The van der Waals surface area contributed by atoms with E-state index in [0.29, 0.717) is 6.42 Å². The number of hydrogen-bond acceptors (Lipinski definition) is 3. The number of rotatable bonds is 2. The fourth-order valence-electron chi connectivity index (χ4n) is 1.98. The standard InChI is InChI=1S/C11H18F2N4O2/c1-10(2,3)19-9(18)15-8-7(16-17-14)5-4-6-11(8,12)13/h7-8H,4-6H2,1-3H3,(H,15,18)/t7-,8-/m0/s1. The number of alkyl halides is 2. The van der Waals surface area contributed by atoms with Gasteiger partial charge in [0.25, 0.3) is 5.92 Å². The summed E-state index contributed by atoms with van der Waals surface area (Å²) in [7, 11) is 0. The number of carbonyl (C=O) groups is 1. The summed E-state index contributed by atoms with van der Waals surface area (Å²) in [6.07, 6.45) is -0.703. The molecule has 1 fully saturated rings. The summed E-state index contributed by atoms with van der Waals surface area (Å²) in [6, 6.07) is -2.48. The van der Waals surface area contributed by atoms with Crippen LogP contribution in [0, 0.1) is 0 Å². The van der Waals surface area contributed by atoms with Crippen LogP contribution in [0.5, 0.6) is 0 Å². The molecule has 1 aliphatic rings. The first-order valence-corrected chi connectivity index (χ1v) is 6.07. The summed E-state index contributed by atoms with van der Waals surface area (Å²) >= 11 is 0. The fraction of sp³-hybridized carbons (Fsp3) is 0.909. The van der Waals surface area contributed by atoms with Gasteiger partial charge in [-0.05, 0) is 39.1 Å². The van der Waals surface area contributed by atoms with Gasteiger partial charge in [-0.1, -0.05) is 5.11 Å². The van der Waals surface area contributed by atoms with Crippen molar-refractivity contribution in [2.75, 3.05) is 0 Å². The van der Waals surface area contributed by atoms with E-state index < -0.39 is 29.7 Å². The molecule has 1 aliphatic carbocycles. The lowest BCUT2D eigenvalue weighted by Gasteiger charge is -2.36. The van der Waals surface area contributed by atoms with Crippen LogP contribution in [0.15, 0.2) is 5.11 Å². The van der Waals surface area contributed by atoms with Gasteiger partial charge < -0.3 is 10.1 Å². The number of azide groups is 1. The van der Waals surface area contributed by atoms with E-state index in [2.05, 4.69) is 15.3 Å². The normalized spacial score (nSPS) is 26.2. The summed E-state index contributed by atoms with van der Waals surface area (Å²) in [5, 5.41) is 5.47. The van der Waals surface area contributed by atoms with E-state index in [1.54, 1.807) is 20.8 Å². The summed E-state index contributed by atoms with van der Waals surface area (Å²) < 4.78 is 32.5. The quantitative estimate of drug-likeness (QED) is 0.476. The van der Waals surface area contributed by atoms with Crippen LogP contribution in [-0.2, 0) is 4.74 Å². The van der Waals surface area contributed by atoms with Crippen LogP contribution in [0.4, 0.5) is 13.6 Å². The van der Waals surface area contributed by atoms with Crippen LogP contribution >= 0.6 is 0 Å². The Balaban J connectivity index is 2.79. The molecule has 1 N–H and O–H groups in total. The smallest absolute Gasteiger partial charge is 0.408 e. The Bertz CT molecular complexity index is 389. The Morgan fingerprint density at radius 1 is 1.53 bits per heavy atom. The van der Waals surface area contributed by atoms with Crippen molar-refractivity contribution in [3.63, 3.8) is 0 Å². The van der Waals surface area contributed by atoms with Crippen LogP contribution in [-0.4, -0.2) is 29.7 Å². The number of halogens is 2. The second-order valence-corrected chi connectivity index (χ2v) is 5.55. The van der Waals surface area contributed by atoms with E-state index >= 15 is 0 Å². The molecule has 2 atom stereocenters.